The van der Waals surface area contributed by atoms with Gasteiger partial charge in [0.25, 0.3) is 0 Å². The number of fused-ring (bicyclic) bond motifs is 7. The smallest absolute Gasteiger partial charge is 0.0532 e. The first-order valence-corrected chi connectivity index (χ1v) is 16.2. The Hall–Kier alpha value is -1.46. The van der Waals surface area contributed by atoms with E-state index in [1.54, 1.807) is 9.75 Å². The van der Waals surface area contributed by atoms with Crippen molar-refractivity contribution in [1.29, 1.82) is 0 Å². The van der Waals surface area contributed by atoms with Crippen LogP contribution in [0.5, 0.6) is 0 Å². The maximum Gasteiger partial charge on any atom is 0.0532 e. The molecule has 0 nitrogen and oxygen atoms in total. The van der Waals surface area contributed by atoms with Crippen LogP contribution in [0.15, 0.2) is 36.4 Å². The number of benzene rings is 2. The first-order chi connectivity index (χ1) is 16.7. The molecule has 4 aromatic heterocycles. The molecule has 2 aromatic carbocycles. The molecule has 0 amide bonds. The van der Waals surface area contributed by atoms with Crippen molar-refractivity contribution in [2.24, 2.45) is 0 Å². The second-order valence-corrected chi connectivity index (χ2v) is 14.1. The van der Waals surface area contributed by atoms with Crippen LogP contribution in [0.3, 0.4) is 0 Å². The molecular weight excluding hydrogens is 489 g/mol. The second kappa shape index (κ2) is 9.89. The molecule has 0 aliphatic carbocycles. The zero-order chi connectivity index (χ0) is 23.1. The van der Waals surface area contributed by atoms with E-state index >= 15 is 0 Å². The zero-order valence-corrected chi connectivity index (χ0v) is 23.4. The van der Waals surface area contributed by atoms with Crippen molar-refractivity contribution in [3.8, 4) is 0 Å². The van der Waals surface area contributed by atoms with Gasteiger partial charge in [0.15, 0.2) is 0 Å². The number of hydrogen-bond acceptors (Lipinski definition) is 4. The van der Waals surface area contributed by atoms with E-state index in [1.165, 1.54) is 114 Å². The molecule has 4 heteroatoms. The van der Waals surface area contributed by atoms with Gasteiger partial charge >= 0.3 is 0 Å². The molecule has 6 rings (SSSR count). The largest absolute Gasteiger partial charge is 0.139 e. The van der Waals surface area contributed by atoms with Crippen molar-refractivity contribution < 1.29 is 0 Å². The molecule has 0 fully saturated rings. The molecule has 0 spiro atoms. The van der Waals surface area contributed by atoms with E-state index in [0.29, 0.717) is 0 Å². The Morgan fingerprint density at radius 2 is 0.941 bits per heavy atom. The van der Waals surface area contributed by atoms with Gasteiger partial charge in [-0.3, -0.25) is 0 Å². The second-order valence-electron chi connectivity index (χ2n) is 9.68. The summed E-state index contributed by atoms with van der Waals surface area (Å²) < 4.78 is 8.87. The van der Waals surface area contributed by atoms with E-state index in [1.807, 2.05) is 45.3 Å². The van der Waals surface area contributed by atoms with Crippen molar-refractivity contribution in [3.05, 3.63) is 46.2 Å². The van der Waals surface area contributed by atoms with Crippen molar-refractivity contribution in [1.82, 2.24) is 0 Å². The molecule has 0 aliphatic rings. The van der Waals surface area contributed by atoms with Crippen LogP contribution in [0.4, 0.5) is 0 Å². The third kappa shape index (κ3) is 4.32. The van der Waals surface area contributed by atoms with Gasteiger partial charge in [-0.1, -0.05) is 52.4 Å². The zero-order valence-electron chi connectivity index (χ0n) is 20.2. The lowest BCUT2D eigenvalue weighted by Crippen LogP contribution is -1.80. The Morgan fingerprint density at radius 1 is 0.471 bits per heavy atom. The maximum absolute atomic E-state index is 2.47. The molecule has 0 aliphatic heterocycles. The Bertz CT molecular complexity index is 1470. The molecule has 176 valence electrons. The Balaban J connectivity index is 1.33. The molecule has 0 saturated heterocycles. The number of unbranched alkanes of at least 4 members (excludes halogenated alkanes) is 6. The average molecular weight is 521 g/mol. The van der Waals surface area contributed by atoms with Crippen LogP contribution >= 0.6 is 45.3 Å². The summed E-state index contributed by atoms with van der Waals surface area (Å²) in [5.41, 5.74) is 0. The highest BCUT2D eigenvalue weighted by molar-refractivity contribution is 7.33. The monoisotopic (exact) mass is 520 g/mol. The van der Waals surface area contributed by atoms with E-state index in [2.05, 4.69) is 50.2 Å². The molecule has 0 saturated carbocycles. The number of rotatable bonds is 10. The SMILES string of the molecule is CCCCCCc1cc2sc3cc4cc5c(cc4cc3c2s1)sc1cc(CCCCCC)sc15. The van der Waals surface area contributed by atoms with Gasteiger partial charge in [-0.15, -0.1) is 45.3 Å². The molecule has 4 heterocycles. The van der Waals surface area contributed by atoms with Crippen LogP contribution in [-0.4, -0.2) is 0 Å². The summed E-state index contributed by atoms with van der Waals surface area (Å²) in [4.78, 5) is 3.14. The van der Waals surface area contributed by atoms with Gasteiger partial charge in [-0.2, -0.15) is 0 Å². The fraction of sp³-hybridized carbons (Fsp3) is 0.400. The highest BCUT2D eigenvalue weighted by atomic mass is 32.1. The van der Waals surface area contributed by atoms with Crippen molar-refractivity contribution in [3.63, 3.8) is 0 Å². The van der Waals surface area contributed by atoms with Crippen molar-refractivity contribution >= 4 is 95.1 Å². The quantitative estimate of drug-likeness (QED) is 0.158. The fourth-order valence-electron chi connectivity index (χ4n) is 5.14. The molecule has 6 aromatic rings. The van der Waals surface area contributed by atoms with Gasteiger partial charge < -0.3 is 0 Å². The predicted molar refractivity (Wildman–Crippen MR) is 161 cm³/mol. The van der Waals surface area contributed by atoms with Crippen LogP contribution in [-0.2, 0) is 12.8 Å². The van der Waals surface area contributed by atoms with E-state index in [9.17, 15) is 0 Å². The Labute approximate surface area is 218 Å². The van der Waals surface area contributed by atoms with Gasteiger partial charge in [0.2, 0.25) is 0 Å². The standard InChI is InChI=1S/C30H32S4/c1-3-5-7-9-11-21-17-27-29(31-21)23-13-19-16-26-24(14-20(19)15-25(23)33-27)30-28(34-26)18-22(32-30)12-10-8-6-4-2/h13-18H,3-12H2,1-2H3. The summed E-state index contributed by atoms with van der Waals surface area (Å²) in [6.45, 7) is 4.58. The van der Waals surface area contributed by atoms with E-state index in [-0.39, 0.29) is 0 Å². The molecule has 0 unspecified atom stereocenters. The van der Waals surface area contributed by atoms with Crippen molar-refractivity contribution in [2.75, 3.05) is 0 Å². The maximum atomic E-state index is 2.47. The lowest BCUT2D eigenvalue weighted by Gasteiger charge is -2.01. The number of hydrogen-bond donors (Lipinski definition) is 0. The topological polar surface area (TPSA) is 0 Å². The highest BCUT2D eigenvalue weighted by Gasteiger charge is 2.14. The van der Waals surface area contributed by atoms with Crippen LogP contribution in [0.25, 0.3) is 49.7 Å². The van der Waals surface area contributed by atoms with Crippen LogP contribution in [0, 0.1) is 0 Å². The van der Waals surface area contributed by atoms with Crippen LogP contribution < -0.4 is 0 Å². The summed E-state index contributed by atoms with van der Waals surface area (Å²) in [5, 5.41) is 5.71. The van der Waals surface area contributed by atoms with E-state index in [0.717, 1.165) is 0 Å². The first kappa shape index (κ1) is 23.0. The Morgan fingerprint density at radius 3 is 1.38 bits per heavy atom. The lowest BCUT2D eigenvalue weighted by atomic mass is 10.1. The highest BCUT2D eigenvalue weighted by Crippen LogP contribution is 2.45. The summed E-state index contributed by atoms with van der Waals surface area (Å²) in [5.74, 6) is 0. The minimum Gasteiger partial charge on any atom is -0.139 e. The van der Waals surface area contributed by atoms with Crippen LogP contribution in [0.1, 0.15) is 75.0 Å². The van der Waals surface area contributed by atoms with Crippen molar-refractivity contribution in [2.45, 2.75) is 78.1 Å². The molecule has 34 heavy (non-hydrogen) atoms. The lowest BCUT2D eigenvalue weighted by molar-refractivity contribution is 0.670. The minimum atomic E-state index is 1.24. The van der Waals surface area contributed by atoms with Gasteiger partial charge in [-0.05, 0) is 72.9 Å². The predicted octanol–water partition coefficient (Wildman–Crippen LogP) is 11.9. The minimum absolute atomic E-state index is 1.24. The fourth-order valence-corrected chi connectivity index (χ4v) is 10.4. The van der Waals surface area contributed by atoms with Gasteiger partial charge in [0.05, 0.1) is 9.40 Å². The van der Waals surface area contributed by atoms with Gasteiger partial charge in [0, 0.05) is 39.3 Å². The molecular formula is C30H32S4. The molecule has 0 radical (unpaired) electrons. The first-order valence-electron chi connectivity index (χ1n) is 13.0. The third-order valence-electron chi connectivity index (χ3n) is 7.02. The van der Waals surface area contributed by atoms with E-state index in [4.69, 9.17) is 0 Å². The number of aryl methyl sites for hydroxylation is 2. The average Bonchev–Trinajstić information content (AvgIpc) is 3.56. The van der Waals surface area contributed by atoms with Gasteiger partial charge in [-0.25, -0.2) is 0 Å². The summed E-state index contributed by atoms with van der Waals surface area (Å²) in [6.07, 6.45) is 13.2. The summed E-state index contributed by atoms with van der Waals surface area (Å²) in [7, 11) is 0. The van der Waals surface area contributed by atoms with Gasteiger partial charge in [0.1, 0.15) is 0 Å². The third-order valence-corrected chi connectivity index (χ3v) is 11.9. The normalized spacial score (nSPS) is 12.4. The molecule has 0 N–H and O–H groups in total. The molecule has 0 bridgehead atoms. The molecule has 0 atom stereocenters. The van der Waals surface area contributed by atoms with Crippen LogP contribution in [0.2, 0.25) is 0 Å². The van der Waals surface area contributed by atoms with E-state index < -0.39 is 0 Å². The summed E-state index contributed by atoms with van der Waals surface area (Å²) >= 11 is 8.04. The number of thiophene rings is 4. The summed E-state index contributed by atoms with van der Waals surface area (Å²) in [6, 6.07) is 14.8. The Kier molecular flexibility index (Phi) is 6.68.